The highest BCUT2D eigenvalue weighted by atomic mass is 32.1. The van der Waals surface area contributed by atoms with Crippen molar-refractivity contribution in [1.82, 2.24) is 15.5 Å². The fraction of sp³-hybridized carbons (Fsp3) is 0.444. The first-order valence-corrected chi connectivity index (χ1v) is 14.4. The molecule has 0 radical (unpaired) electrons. The number of benzene rings is 1. The molecule has 0 spiro atoms. The van der Waals surface area contributed by atoms with Gasteiger partial charge in [-0.25, -0.2) is 0 Å². The molecule has 0 aliphatic heterocycles. The SMILES string of the molecule is CC(=O)O.CCN(CCc1ccc([N+](=O)[O-])s1)C(=O)CNC(=O)[C@@H](CCCN=C(N)N)NC(=O)[C@@H](N)Cc1ccc(O)cc1. The molecule has 0 bridgehead atoms. The average Bonchev–Trinajstić information content (AvgIpc) is 3.44. The summed E-state index contributed by atoms with van der Waals surface area (Å²) in [6.45, 7) is 3.53. The van der Waals surface area contributed by atoms with E-state index in [9.17, 15) is 29.6 Å². The van der Waals surface area contributed by atoms with E-state index < -0.39 is 34.8 Å². The minimum Gasteiger partial charge on any atom is -0.508 e. The standard InChI is InChI=1S/C25H36N8O6S.C2H4O2/c1-2-32(13-11-18-9-10-22(40-18)33(38)39)21(35)15-30-24(37)20(4-3-12-29-25(27)28)31-23(36)19(26)14-16-5-7-17(34)8-6-16;1-2(3)4/h5-10,19-20,34H,2-4,11-15,26H2,1H3,(H,30,37)(H,31,36)(H4,27,28,29);1H3,(H,3,4)/t19-,20+;/m0./s1. The van der Waals surface area contributed by atoms with Gasteiger partial charge in [-0.2, -0.15) is 0 Å². The lowest BCUT2D eigenvalue weighted by atomic mass is 10.0. The number of carbonyl (C=O) groups excluding carboxylic acids is 3. The van der Waals surface area contributed by atoms with Crippen molar-refractivity contribution in [3.05, 3.63) is 57.0 Å². The van der Waals surface area contributed by atoms with Crippen LogP contribution in [0.2, 0.25) is 0 Å². The second kappa shape index (κ2) is 19.4. The van der Waals surface area contributed by atoms with Crippen molar-refractivity contribution in [2.45, 2.75) is 51.6 Å². The third-order valence-electron chi connectivity index (χ3n) is 5.91. The van der Waals surface area contributed by atoms with E-state index in [1.54, 1.807) is 25.1 Å². The van der Waals surface area contributed by atoms with Crippen LogP contribution in [0, 0.1) is 10.1 Å². The predicted octanol–water partition coefficient (Wildman–Crippen LogP) is 0.0684. The van der Waals surface area contributed by atoms with Gasteiger partial charge in [-0.15, -0.1) is 0 Å². The minimum absolute atomic E-state index is 0.0346. The highest BCUT2D eigenvalue weighted by molar-refractivity contribution is 7.15. The Hall–Kier alpha value is -4.77. The molecule has 0 unspecified atom stereocenters. The number of carboxylic acid groups (broad SMARTS) is 1. The van der Waals surface area contributed by atoms with Gasteiger partial charge in [0.05, 0.1) is 17.5 Å². The Morgan fingerprint density at radius 3 is 2.30 bits per heavy atom. The largest absolute Gasteiger partial charge is 0.508 e. The summed E-state index contributed by atoms with van der Waals surface area (Å²) in [5, 5.41) is 33.0. The van der Waals surface area contributed by atoms with E-state index in [2.05, 4.69) is 15.6 Å². The van der Waals surface area contributed by atoms with Gasteiger partial charge in [-0.1, -0.05) is 23.5 Å². The Morgan fingerprint density at radius 2 is 1.75 bits per heavy atom. The maximum Gasteiger partial charge on any atom is 0.324 e. The van der Waals surface area contributed by atoms with Crippen molar-refractivity contribution >= 4 is 46.0 Å². The number of phenols is 1. The van der Waals surface area contributed by atoms with E-state index in [1.165, 1.54) is 23.1 Å². The summed E-state index contributed by atoms with van der Waals surface area (Å²) in [5.41, 5.74) is 17.5. The summed E-state index contributed by atoms with van der Waals surface area (Å²) in [6.07, 6.45) is 1.20. The number of hydrogen-bond donors (Lipinski definition) is 7. The average molecular weight is 637 g/mol. The molecule has 3 amide bonds. The molecule has 1 heterocycles. The Kier molecular flexibility index (Phi) is 16.4. The molecular formula is C27H40N8O8S. The summed E-state index contributed by atoms with van der Waals surface area (Å²) >= 11 is 1.05. The smallest absolute Gasteiger partial charge is 0.324 e. The summed E-state index contributed by atoms with van der Waals surface area (Å²) in [5.74, 6) is -2.29. The van der Waals surface area contributed by atoms with Crippen LogP contribution in [0.3, 0.4) is 0 Å². The van der Waals surface area contributed by atoms with Crippen LogP contribution in [0.15, 0.2) is 41.4 Å². The van der Waals surface area contributed by atoms with Gasteiger partial charge in [0, 0.05) is 37.5 Å². The van der Waals surface area contributed by atoms with Gasteiger partial charge >= 0.3 is 5.00 Å². The second-order valence-electron chi connectivity index (χ2n) is 9.44. The zero-order valence-electron chi connectivity index (χ0n) is 24.6. The minimum atomic E-state index is -0.984. The third kappa shape index (κ3) is 14.9. The molecule has 0 aliphatic rings. The lowest BCUT2D eigenvalue weighted by Gasteiger charge is -2.23. The van der Waals surface area contributed by atoms with Crippen LogP contribution in [0.25, 0.3) is 0 Å². The fourth-order valence-corrected chi connectivity index (χ4v) is 4.54. The maximum absolute atomic E-state index is 13.0. The van der Waals surface area contributed by atoms with E-state index in [1.807, 2.05) is 0 Å². The fourth-order valence-electron chi connectivity index (χ4n) is 3.73. The number of amides is 3. The van der Waals surface area contributed by atoms with Crippen LogP contribution in [0.1, 0.15) is 37.1 Å². The molecular weight excluding hydrogens is 596 g/mol. The Labute approximate surface area is 258 Å². The normalized spacial score (nSPS) is 11.6. The van der Waals surface area contributed by atoms with Crippen LogP contribution in [-0.2, 0) is 32.0 Å². The van der Waals surface area contributed by atoms with Crippen molar-refractivity contribution in [3.8, 4) is 5.75 Å². The molecule has 0 fully saturated rings. The number of nitro groups is 1. The highest BCUT2D eigenvalue weighted by Gasteiger charge is 2.25. The van der Waals surface area contributed by atoms with E-state index in [-0.39, 0.29) is 48.5 Å². The number of guanidine groups is 1. The molecule has 10 N–H and O–H groups in total. The van der Waals surface area contributed by atoms with Crippen LogP contribution in [0.4, 0.5) is 5.00 Å². The molecule has 0 aliphatic carbocycles. The van der Waals surface area contributed by atoms with Crippen molar-refractivity contribution in [2.24, 2.45) is 22.2 Å². The first-order valence-electron chi connectivity index (χ1n) is 13.6. The van der Waals surface area contributed by atoms with Gasteiger partial charge in [0.2, 0.25) is 17.7 Å². The molecule has 1 aromatic carbocycles. The van der Waals surface area contributed by atoms with Gasteiger partial charge < -0.3 is 42.9 Å². The van der Waals surface area contributed by atoms with Gasteiger partial charge in [0.25, 0.3) is 5.97 Å². The van der Waals surface area contributed by atoms with Crippen LogP contribution >= 0.6 is 11.3 Å². The van der Waals surface area contributed by atoms with E-state index in [4.69, 9.17) is 27.1 Å². The Morgan fingerprint density at radius 1 is 1.11 bits per heavy atom. The Bertz CT molecular complexity index is 1280. The molecule has 2 aromatic rings. The number of hydrogen-bond acceptors (Lipinski definition) is 10. The molecule has 17 heteroatoms. The first-order chi connectivity index (χ1) is 20.7. The van der Waals surface area contributed by atoms with E-state index >= 15 is 0 Å². The number of rotatable bonds is 16. The number of aliphatic carboxylic acids is 1. The van der Waals surface area contributed by atoms with Crippen molar-refractivity contribution in [3.63, 3.8) is 0 Å². The van der Waals surface area contributed by atoms with E-state index in [0.717, 1.165) is 28.7 Å². The summed E-state index contributed by atoms with van der Waals surface area (Å²) < 4.78 is 0. The lowest BCUT2D eigenvalue weighted by molar-refractivity contribution is -0.380. The molecule has 0 saturated heterocycles. The topological polar surface area (TPSA) is 270 Å². The Balaban J connectivity index is 0.00000227. The van der Waals surface area contributed by atoms with Gasteiger partial charge in [0.15, 0.2) is 5.96 Å². The number of nitrogens with one attached hydrogen (secondary N) is 2. The van der Waals surface area contributed by atoms with Crippen LogP contribution in [-0.4, -0.2) is 87.9 Å². The predicted molar refractivity (Wildman–Crippen MR) is 165 cm³/mol. The third-order valence-corrected chi connectivity index (χ3v) is 7.01. The van der Waals surface area contributed by atoms with Crippen molar-refractivity contribution in [2.75, 3.05) is 26.2 Å². The number of nitrogens with two attached hydrogens (primary N) is 3. The number of carbonyl (C=O) groups is 4. The molecule has 2 rings (SSSR count). The van der Waals surface area contributed by atoms with Gasteiger partial charge in [-0.05, 0) is 56.4 Å². The van der Waals surface area contributed by atoms with E-state index in [0.29, 0.717) is 25.9 Å². The van der Waals surface area contributed by atoms with Gasteiger partial charge in [-0.3, -0.25) is 34.3 Å². The molecule has 1 aromatic heterocycles. The number of aliphatic imine (C=N–C) groups is 1. The zero-order valence-corrected chi connectivity index (χ0v) is 25.4. The number of likely N-dealkylation sites (N-methyl/N-ethyl adjacent to an activating group) is 1. The molecule has 2 atom stereocenters. The molecule has 0 saturated carbocycles. The molecule has 16 nitrogen and oxygen atoms in total. The number of aromatic hydroxyl groups is 1. The lowest BCUT2D eigenvalue weighted by Crippen LogP contribution is -2.53. The van der Waals surface area contributed by atoms with Crippen LogP contribution in [0.5, 0.6) is 5.75 Å². The van der Waals surface area contributed by atoms with Crippen molar-refractivity contribution < 1.29 is 34.3 Å². The van der Waals surface area contributed by atoms with Crippen LogP contribution < -0.4 is 27.8 Å². The van der Waals surface area contributed by atoms with Gasteiger partial charge in [0.1, 0.15) is 11.8 Å². The number of phenolic OH excluding ortho intramolecular Hbond substituents is 1. The monoisotopic (exact) mass is 636 g/mol. The number of carboxylic acids is 1. The molecule has 44 heavy (non-hydrogen) atoms. The number of nitrogens with zero attached hydrogens (tertiary/aromatic N) is 3. The zero-order chi connectivity index (χ0) is 33.2. The summed E-state index contributed by atoms with van der Waals surface area (Å²) in [7, 11) is 0. The highest BCUT2D eigenvalue weighted by Crippen LogP contribution is 2.24. The second-order valence-corrected chi connectivity index (χ2v) is 10.6. The quantitative estimate of drug-likeness (QED) is 0.0426. The number of thiophene rings is 1. The first kappa shape index (κ1) is 37.3. The summed E-state index contributed by atoms with van der Waals surface area (Å²) in [4.78, 5) is 64.1. The maximum atomic E-state index is 13.0. The summed E-state index contributed by atoms with van der Waals surface area (Å²) in [6, 6.07) is 7.41. The van der Waals surface area contributed by atoms with Crippen molar-refractivity contribution in [1.29, 1.82) is 0 Å². The molecule has 242 valence electrons.